The van der Waals surface area contributed by atoms with Gasteiger partial charge < -0.3 is 14.6 Å². The molecule has 25 heavy (non-hydrogen) atoms. The van der Waals surface area contributed by atoms with Crippen molar-refractivity contribution in [2.75, 3.05) is 13.1 Å². The van der Waals surface area contributed by atoms with Gasteiger partial charge in [-0.15, -0.1) is 0 Å². The van der Waals surface area contributed by atoms with Crippen LogP contribution in [-0.4, -0.2) is 38.6 Å². The van der Waals surface area contributed by atoms with Gasteiger partial charge in [0, 0.05) is 13.1 Å². The van der Waals surface area contributed by atoms with Crippen molar-refractivity contribution >= 4 is 16.9 Å². The number of rotatable bonds is 6. The van der Waals surface area contributed by atoms with Gasteiger partial charge in [0.25, 0.3) is 0 Å². The molecule has 3 aromatic rings. The minimum atomic E-state index is -0.877. The summed E-state index contributed by atoms with van der Waals surface area (Å²) in [4.78, 5) is 19.0. The molecule has 0 aliphatic rings. The molecule has 1 N–H and O–H groups in total. The van der Waals surface area contributed by atoms with E-state index in [9.17, 15) is 9.90 Å². The number of hydrogen-bond acceptors (Lipinski definition) is 3. The summed E-state index contributed by atoms with van der Waals surface area (Å²) in [6, 6.07) is 17.0. The summed E-state index contributed by atoms with van der Waals surface area (Å²) in [5.74, 6) is 0.516. The van der Waals surface area contributed by atoms with Gasteiger partial charge in [-0.25, -0.2) is 4.98 Å². The Morgan fingerprint density at radius 2 is 1.72 bits per heavy atom. The lowest BCUT2D eigenvalue weighted by molar-refractivity contribution is -0.131. The molecule has 1 aromatic heterocycles. The number of likely N-dealkylation sites (N-methyl/N-ethyl adjacent to an activating group) is 1. The van der Waals surface area contributed by atoms with E-state index >= 15 is 0 Å². The van der Waals surface area contributed by atoms with E-state index in [1.54, 1.807) is 4.90 Å². The van der Waals surface area contributed by atoms with Crippen LogP contribution in [0.25, 0.3) is 11.0 Å². The van der Waals surface area contributed by atoms with Crippen molar-refractivity contribution in [3.05, 3.63) is 66.0 Å². The van der Waals surface area contributed by atoms with Gasteiger partial charge in [-0.05, 0) is 31.5 Å². The van der Waals surface area contributed by atoms with Crippen LogP contribution in [0.15, 0.2) is 54.6 Å². The summed E-state index contributed by atoms with van der Waals surface area (Å²) in [5, 5.41) is 10.8. The van der Waals surface area contributed by atoms with E-state index in [0.717, 1.165) is 16.6 Å². The van der Waals surface area contributed by atoms with Crippen LogP contribution in [0.4, 0.5) is 0 Å². The maximum Gasteiger partial charge on any atom is 0.242 e. The van der Waals surface area contributed by atoms with Gasteiger partial charge in [0.05, 0.1) is 11.0 Å². The first-order valence-electron chi connectivity index (χ1n) is 8.61. The average Bonchev–Trinajstić information content (AvgIpc) is 3.01. The molecule has 5 heteroatoms. The van der Waals surface area contributed by atoms with Crippen molar-refractivity contribution in [3.63, 3.8) is 0 Å². The maximum absolute atomic E-state index is 12.6. The smallest absolute Gasteiger partial charge is 0.242 e. The van der Waals surface area contributed by atoms with Crippen LogP contribution in [0.3, 0.4) is 0 Å². The van der Waals surface area contributed by atoms with E-state index in [-0.39, 0.29) is 12.5 Å². The van der Waals surface area contributed by atoms with Gasteiger partial charge in [-0.2, -0.15) is 0 Å². The third kappa shape index (κ3) is 3.42. The minimum Gasteiger partial charge on any atom is -0.380 e. The molecular weight excluding hydrogens is 314 g/mol. The predicted molar refractivity (Wildman–Crippen MR) is 98.2 cm³/mol. The van der Waals surface area contributed by atoms with Crippen molar-refractivity contribution < 1.29 is 9.90 Å². The fourth-order valence-corrected chi connectivity index (χ4v) is 3.07. The Kier molecular flexibility index (Phi) is 5.14. The second-order valence-corrected chi connectivity index (χ2v) is 5.92. The lowest BCUT2D eigenvalue weighted by Gasteiger charge is -2.21. The molecule has 0 unspecified atom stereocenters. The standard InChI is InChI=1S/C20H23N3O2/c1-3-22(4-2)18(24)14-23-17-13-9-8-12-16(17)21-20(23)19(25)15-10-6-5-7-11-15/h5-13,19,25H,3-4,14H2,1-2H3/t19-/m1/s1. The van der Waals surface area contributed by atoms with Crippen molar-refractivity contribution in [1.82, 2.24) is 14.5 Å². The van der Waals surface area contributed by atoms with E-state index in [2.05, 4.69) is 4.98 Å². The van der Waals surface area contributed by atoms with Gasteiger partial charge >= 0.3 is 0 Å². The third-order valence-electron chi connectivity index (χ3n) is 4.45. The van der Waals surface area contributed by atoms with E-state index in [0.29, 0.717) is 18.9 Å². The van der Waals surface area contributed by atoms with Gasteiger partial charge in [0.15, 0.2) is 0 Å². The lowest BCUT2D eigenvalue weighted by atomic mass is 10.1. The molecule has 0 radical (unpaired) electrons. The molecule has 3 rings (SSSR count). The number of fused-ring (bicyclic) bond motifs is 1. The van der Waals surface area contributed by atoms with Gasteiger partial charge in [0.2, 0.25) is 5.91 Å². The first-order valence-corrected chi connectivity index (χ1v) is 8.61. The van der Waals surface area contributed by atoms with Crippen LogP contribution in [0.5, 0.6) is 0 Å². The van der Waals surface area contributed by atoms with Crippen LogP contribution >= 0.6 is 0 Å². The zero-order valence-corrected chi connectivity index (χ0v) is 14.6. The highest BCUT2D eigenvalue weighted by Crippen LogP contribution is 2.25. The van der Waals surface area contributed by atoms with Crippen molar-refractivity contribution in [3.8, 4) is 0 Å². The number of imidazole rings is 1. The normalized spacial score (nSPS) is 12.3. The summed E-state index contributed by atoms with van der Waals surface area (Å²) < 4.78 is 1.83. The lowest BCUT2D eigenvalue weighted by Crippen LogP contribution is -2.34. The highest BCUT2D eigenvalue weighted by atomic mass is 16.3. The monoisotopic (exact) mass is 337 g/mol. The van der Waals surface area contributed by atoms with Gasteiger partial charge in [-0.3, -0.25) is 4.79 Å². The molecule has 0 bridgehead atoms. The summed E-state index contributed by atoms with van der Waals surface area (Å²) >= 11 is 0. The van der Waals surface area contributed by atoms with Crippen LogP contribution in [0, 0.1) is 0 Å². The summed E-state index contributed by atoms with van der Waals surface area (Å²) in [6.07, 6.45) is -0.877. The molecule has 2 aromatic carbocycles. The van der Waals surface area contributed by atoms with Crippen LogP contribution in [0.2, 0.25) is 0 Å². The van der Waals surface area contributed by atoms with Crippen molar-refractivity contribution in [1.29, 1.82) is 0 Å². The molecule has 0 fully saturated rings. The molecular formula is C20H23N3O2. The van der Waals surface area contributed by atoms with Crippen LogP contribution < -0.4 is 0 Å². The highest BCUT2D eigenvalue weighted by Gasteiger charge is 2.22. The number of carbonyl (C=O) groups is 1. The molecule has 0 saturated heterocycles. The number of carbonyl (C=O) groups excluding carboxylic acids is 1. The zero-order chi connectivity index (χ0) is 17.8. The van der Waals surface area contributed by atoms with Crippen molar-refractivity contribution in [2.24, 2.45) is 0 Å². The Morgan fingerprint density at radius 3 is 2.40 bits per heavy atom. The number of hydrogen-bond donors (Lipinski definition) is 1. The average molecular weight is 337 g/mol. The van der Waals surface area contributed by atoms with E-state index in [1.807, 2.05) is 73.0 Å². The number of benzene rings is 2. The Morgan fingerprint density at radius 1 is 1.08 bits per heavy atom. The highest BCUT2D eigenvalue weighted by molar-refractivity contribution is 5.81. The number of para-hydroxylation sites is 2. The topological polar surface area (TPSA) is 58.4 Å². The number of aliphatic hydroxyl groups is 1. The number of aromatic nitrogens is 2. The molecule has 0 aliphatic heterocycles. The van der Waals surface area contributed by atoms with E-state index < -0.39 is 6.10 Å². The minimum absolute atomic E-state index is 0.0228. The van der Waals surface area contributed by atoms with Crippen LogP contribution in [0.1, 0.15) is 31.3 Å². The Balaban J connectivity index is 2.05. The predicted octanol–water partition coefficient (Wildman–Crippen LogP) is 2.99. The fourth-order valence-electron chi connectivity index (χ4n) is 3.07. The molecule has 1 atom stereocenters. The zero-order valence-electron chi connectivity index (χ0n) is 14.6. The molecule has 0 aliphatic carbocycles. The molecule has 0 saturated carbocycles. The van der Waals surface area contributed by atoms with E-state index in [4.69, 9.17) is 0 Å². The largest absolute Gasteiger partial charge is 0.380 e. The van der Waals surface area contributed by atoms with Gasteiger partial charge in [0.1, 0.15) is 18.5 Å². The SMILES string of the molecule is CCN(CC)C(=O)Cn1c([C@H](O)c2ccccc2)nc2ccccc21. The fraction of sp³-hybridized carbons (Fsp3) is 0.300. The quantitative estimate of drug-likeness (QED) is 0.752. The first kappa shape index (κ1) is 17.2. The number of aliphatic hydroxyl groups excluding tert-OH is 1. The molecule has 130 valence electrons. The Labute approximate surface area is 147 Å². The van der Waals surface area contributed by atoms with Gasteiger partial charge in [-0.1, -0.05) is 42.5 Å². The molecule has 1 heterocycles. The summed E-state index contributed by atoms with van der Waals surface area (Å²) in [7, 11) is 0. The van der Waals surface area contributed by atoms with Crippen molar-refractivity contribution in [2.45, 2.75) is 26.5 Å². The Hall–Kier alpha value is -2.66. The molecule has 0 spiro atoms. The summed E-state index contributed by atoms with van der Waals surface area (Å²) in [5.41, 5.74) is 2.39. The Bertz CT molecular complexity index is 854. The maximum atomic E-state index is 12.6. The number of nitrogens with zero attached hydrogens (tertiary/aromatic N) is 3. The number of amides is 1. The summed E-state index contributed by atoms with van der Waals surface area (Å²) in [6.45, 7) is 5.43. The first-order chi connectivity index (χ1) is 12.2. The molecule has 1 amide bonds. The molecule has 5 nitrogen and oxygen atoms in total. The van der Waals surface area contributed by atoms with Crippen LogP contribution in [-0.2, 0) is 11.3 Å². The second-order valence-electron chi connectivity index (χ2n) is 5.92. The second kappa shape index (κ2) is 7.49. The van der Waals surface area contributed by atoms with E-state index in [1.165, 1.54) is 0 Å². The third-order valence-corrected chi connectivity index (χ3v) is 4.45.